The van der Waals surface area contributed by atoms with Gasteiger partial charge in [-0.05, 0) is 41.3 Å². The number of carboxylic acids is 1. The molecule has 0 fully saturated rings. The molecule has 4 rings (SSSR count). The van der Waals surface area contributed by atoms with Gasteiger partial charge in [0.05, 0.1) is 6.04 Å². The van der Waals surface area contributed by atoms with Gasteiger partial charge in [-0.3, -0.25) is 19.2 Å². The predicted octanol–water partition coefficient (Wildman–Crippen LogP) is 2.03. The van der Waals surface area contributed by atoms with E-state index in [4.69, 9.17) is 5.73 Å². The van der Waals surface area contributed by atoms with Crippen molar-refractivity contribution >= 4 is 29.6 Å². The van der Waals surface area contributed by atoms with Crippen molar-refractivity contribution in [1.82, 2.24) is 21.3 Å². The number of nitrogens with two attached hydrogens (primary N) is 1. The standard InChI is InChI=1S/C39H43N5O7/c1-25(40)35(46)41-31(21-26-11-5-2-6-12-26)36(47)43-33(23-29-17-19-30(45)20-18-29)37(48)42-32(22-27-13-7-3-8-14-27)38(49)44-34(39(50)51)24-28-15-9-4-10-16-28/h2-20,25,31-34,45H,21-24,40H2,1H3,(H,41,46)(H,42,48)(H,43,47)(H,44,49)(H,50,51)/t25-,31-,32-,33-,34-/m1/s1. The molecule has 0 saturated carbocycles. The summed E-state index contributed by atoms with van der Waals surface area (Å²) < 4.78 is 0. The molecule has 0 spiro atoms. The number of aliphatic carboxylic acids is 1. The first-order chi connectivity index (χ1) is 24.5. The van der Waals surface area contributed by atoms with Gasteiger partial charge in [0.1, 0.15) is 29.9 Å². The molecule has 266 valence electrons. The minimum Gasteiger partial charge on any atom is -0.508 e. The zero-order valence-electron chi connectivity index (χ0n) is 28.2. The lowest BCUT2D eigenvalue weighted by atomic mass is 10.00. The lowest BCUT2D eigenvalue weighted by Gasteiger charge is -2.27. The van der Waals surface area contributed by atoms with Gasteiger partial charge in [0.2, 0.25) is 23.6 Å². The van der Waals surface area contributed by atoms with E-state index in [2.05, 4.69) is 21.3 Å². The van der Waals surface area contributed by atoms with Gasteiger partial charge in [0, 0.05) is 25.7 Å². The molecular formula is C39H43N5O7. The maximum Gasteiger partial charge on any atom is 0.326 e. The third-order valence-electron chi connectivity index (χ3n) is 8.15. The quantitative estimate of drug-likeness (QED) is 0.0871. The number of hydrogen-bond donors (Lipinski definition) is 7. The second kappa shape index (κ2) is 18.7. The molecule has 12 nitrogen and oxygen atoms in total. The van der Waals surface area contributed by atoms with E-state index in [0.717, 1.165) is 5.56 Å². The van der Waals surface area contributed by atoms with Gasteiger partial charge < -0.3 is 37.2 Å². The molecule has 0 unspecified atom stereocenters. The summed E-state index contributed by atoms with van der Waals surface area (Å²) in [4.78, 5) is 66.5. The predicted molar refractivity (Wildman–Crippen MR) is 191 cm³/mol. The van der Waals surface area contributed by atoms with Gasteiger partial charge in [-0.1, -0.05) is 103 Å². The number of nitrogens with one attached hydrogen (secondary N) is 4. The van der Waals surface area contributed by atoms with E-state index in [1.807, 2.05) is 6.07 Å². The van der Waals surface area contributed by atoms with Crippen LogP contribution in [0.2, 0.25) is 0 Å². The second-order valence-electron chi connectivity index (χ2n) is 12.3. The monoisotopic (exact) mass is 693 g/mol. The van der Waals surface area contributed by atoms with Crippen LogP contribution in [0.4, 0.5) is 0 Å². The molecule has 4 amide bonds. The van der Waals surface area contributed by atoms with Crippen molar-refractivity contribution in [1.29, 1.82) is 0 Å². The van der Waals surface area contributed by atoms with Crippen LogP contribution in [0.1, 0.15) is 29.2 Å². The van der Waals surface area contributed by atoms with Gasteiger partial charge in [-0.25, -0.2) is 4.79 Å². The van der Waals surface area contributed by atoms with E-state index in [1.54, 1.807) is 97.1 Å². The number of rotatable bonds is 17. The molecule has 4 aromatic carbocycles. The SMILES string of the molecule is C[C@@H](N)C(=O)N[C@H](Cc1ccccc1)C(=O)N[C@H](Cc1ccc(O)cc1)C(=O)N[C@H](Cc1ccccc1)C(=O)N[C@H](Cc1ccccc1)C(=O)O. The fraction of sp³-hybridized carbons (Fsp3) is 0.256. The zero-order valence-corrected chi connectivity index (χ0v) is 28.2. The maximum atomic E-state index is 14.1. The normalized spacial score (nSPS) is 13.8. The van der Waals surface area contributed by atoms with Crippen LogP contribution in [0.15, 0.2) is 115 Å². The number of phenolic OH excluding ortho intramolecular Hbond substituents is 1. The van der Waals surface area contributed by atoms with Gasteiger partial charge in [-0.2, -0.15) is 0 Å². The van der Waals surface area contributed by atoms with Crippen molar-refractivity contribution in [2.75, 3.05) is 0 Å². The summed E-state index contributed by atoms with van der Waals surface area (Å²) in [5.41, 5.74) is 8.53. The summed E-state index contributed by atoms with van der Waals surface area (Å²) in [6.07, 6.45) is 0.110. The van der Waals surface area contributed by atoms with E-state index in [0.29, 0.717) is 16.7 Å². The lowest BCUT2D eigenvalue weighted by molar-refractivity contribution is -0.142. The van der Waals surface area contributed by atoms with Gasteiger partial charge in [0.15, 0.2) is 0 Å². The Hall–Kier alpha value is -6.01. The Bertz CT molecular complexity index is 1750. The molecule has 8 N–H and O–H groups in total. The van der Waals surface area contributed by atoms with Crippen molar-refractivity contribution in [2.45, 2.75) is 62.8 Å². The number of amides is 4. The highest BCUT2D eigenvalue weighted by Crippen LogP contribution is 2.13. The zero-order chi connectivity index (χ0) is 36.8. The Morgan fingerprint density at radius 3 is 1.12 bits per heavy atom. The smallest absolute Gasteiger partial charge is 0.326 e. The van der Waals surface area contributed by atoms with Gasteiger partial charge >= 0.3 is 5.97 Å². The molecule has 0 bridgehead atoms. The highest BCUT2D eigenvalue weighted by molar-refractivity contribution is 5.95. The Morgan fingerprint density at radius 1 is 0.490 bits per heavy atom. The maximum absolute atomic E-state index is 14.1. The summed E-state index contributed by atoms with van der Waals surface area (Å²) in [5.74, 6) is -3.91. The third-order valence-corrected chi connectivity index (χ3v) is 8.15. The molecule has 12 heteroatoms. The van der Waals surface area contributed by atoms with Crippen LogP contribution in [-0.2, 0) is 49.7 Å². The summed E-state index contributed by atoms with van der Waals surface area (Å²) in [6, 6.07) is 27.1. The summed E-state index contributed by atoms with van der Waals surface area (Å²) >= 11 is 0. The van der Waals surface area contributed by atoms with Crippen LogP contribution in [-0.4, -0.2) is 70.0 Å². The minimum atomic E-state index is -1.28. The van der Waals surface area contributed by atoms with Crippen LogP contribution in [0.25, 0.3) is 0 Å². The molecule has 0 aliphatic heterocycles. The molecule has 51 heavy (non-hydrogen) atoms. The van der Waals surface area contributed by atoms with Crippen molar-refractivity contribution in [2.24, 2.45) is 5.73 Å². The first kappa shape index (κ1) is 37.8. The number of carboxylic acid groups (broad SMARTS) is 1. The molecule has 0 saturated heterocycles. The molecule has 0 aliphatic carbocycles. The third kappa shape index (κ3) is 12.1. The Kier molecular flexibility index (Phi) is 13.8. The fourth-order valence-electron chi connectivity index (χ4n) is 5.37. The topological polar surface area (TPSA) is 200 Å². The summed E-state index contributed by atoms with van der Waals surface area (Å²) in [7, 11) is 0. The highest BCUT2D eigenvalue weighted by Gasteiger charge is 2.32. The average molecular weight is 694 g/mol. The number of carbonyl (C=O) groups excluding carboxylic acids is 4. The Morgan fingerprint density at radius 2 is 0.784 bits per heavy atom. The first-order valence-electron chi connectivity index (χ1n) is 16.6. The van der Waals surface area contributed by atoms with Crippen LogP contribution >= 0.6 is 0 Å². The molecule has 0 radical (unpaired) electrons. The number of hydrogen-bond acceptors (Lipinski definition) is 7. The Balaban J connectivity index is 1.61. The van der Waals surface area contributed by atoms with Crippen LogP contribution in [0.5, 0.6) is 5.75 Å². The number of carbonyl (C=O) groups is 5. The summed E-state index contributed by atoms with van der Waals surface area (Å²) in [5, 5.41) is 30.5. The largest absolute Gasteiger partial charge is 0.508 e. The van der Waals surface area contributed by atoms with Crippen LogP contribution < -0.4 is 27.0 Å². The van der Waals surface area contributed by atoms with Crippen LogP contribution in [0.3, 0.4) is 0 Å². The number of benzene rings is 4. The van der Waals surface area contributed by atoms with E-state index >= 15 is 0 Å². The van der Waals surface area contributed by atoms with Gasteiger partial charge in [0.25, 0.3) is 0 Å². The molecular weight excluding hydrogens is 650 g/mol. The average Bonchev–Trinajstić information content (AvgIpc) is 3.12. The first-order valence-corrected chi connectivity index (χ1v) is 16.6. The van der Waals surface area contributed by atoms with Gasteiger partial charge in [-0.15, -0.1) is 0 Å². The van der Waals surface area contributed by atoms with Crippen molar-refractivity contribution in [3.8, 4) is 5.75 Å². The molecule has 5 atom stereocenters. The number of phenols is 1. The van der Waals surface area contributed by atoms with E-state index in [-0.39, 0.29) is 31.4 Å². The van der Waals surface area contributed by atoms with Crippen molar-refractivity contribution < 1.29 is 34.2 Å². The van der Waals surface area contributed by atoms with Crippen molar-refractivity contribution in [3.63, 3.8) is 0 Å². The summed E-state index contributed by atoms with van der Waals surface area (Å²) in [6.45, 7) is 1.49. The fourth-order valence-corrected chi connectivity index (χ4v) is 5.37. The highest BCUT2D eigenvalue weighted by atomic mass is 16.4. The second-order valence-corrected chi connectivity index (χ2v) is 12.3. The van der Waals surface area contributed by atoms with Crippen molar-refractivity contribution in [3.05, 3.63) is 138 Å². The van der Waals surface area contributed by atoms with E-state index in [9.17, 15) is 34.2 Å². The van der Waals surface area contributed by atoms with E-state index in [1.165, 1.54) is 19.1 Å². The lowest BCUT2D eigenvalue weighted by Crippen LogP contribution is -2.59. The van der Waals surface area contributed by atoms with Crippen LogP contribution in [0, 0.1) is 0 Å². The van der Waals surface area contributed by atoms with E-state index < -0.39 is 59.8 Å². The molecule has 0 aliphatic rings. The minimum absolute atomic E-state index is 0.00779. The number of aromatic hydroxyl groups is 1. The molecule has 0 heterocycles. The molecule has 0 aromatic heterocycles. The Labute approximate surface area is 296 Å². The molecule has 4 aromatic rings.